The van der Waals surface area contributed by atoms with Crippen LogP contribution < -0.4 is 10.9 Å². The third-order valence-corrected chi connectivity index (χ3v) is 4.55. The third kappa shape index (κ3) is 3.44. The molecule has 20 heavy (non-hydrogen) atoms. The lowest BCUT2D eigenvalue weighted by Crippen LogP contribution is -2.40. The average molecular weight is 276 g/mol. The minimum atomic E-state index is 0.0778. The summed E-state index contributed by atoms with van der Waals surface area (Å²) in [6.45, 7) is 9.74. The van der Waals surface area contributed by atoms with E-state index in [-0.39, 0.29) is 5.56 Å². The smallest absolute Gasteiger partial charge is 0.250 e. The van der Waals surface area contributed by atoms with Crippen LogP contribution in [0.15, 0.2) is 23.1 Å². The molecule has 1 N–H and O–H groups in total. The SMILES string of the molecule is CCn1cc(NC2CCCCC2C(C)(C)C)ccc1=O. The van der Waals surface area contributed by atoms with Gasteiger partial charge in [-0.1, -0.05) is 33.6 Å². The minimum absolute atomic E-state index is 0.0778. The van der Waals surface area contributed by atoms with Crippen LogP contribution in [0.3, 0.4) is 0 Å². The van der Waals surface area contributed by atoms with Gasteiger partial charge in [-0.3, -0.25) is 4.79 Å². The van der Waals surface area contributed by atoms with Crippen molar-refractivity contribution in [1.82, 2.24) is 4.57 Å². The second-order valence-corrected chi connectivity index (χ2v) is 7.05. The van der Waals surface area contributed by atoms with Gasteiger partial charge in [-0.05, 0) is 37.2 Å². The van der Waals surface area contributed by atoms with Crippen molar-refractivity contribution in [3.05, 3.63) is 28.7 Å². The van der Waals surface area contributed by atoms with Gasteiger partial charge in [0.15, 0.2) is 0 Å². The predicted molar refractivity (Wildman–Crippen MR) is 85.2 cm³/mol. The Bertz CT molecular complexity index is 498. The molecule has 0 radical (unpaired) electrons. The first-order valence-electron chi connectivity index (χ1n) is 7.89. The molecule has 0 aliphatic heterocycles. The zero-order valence-electron chi connectivity index (χ0n) is 13.3. The van der Waals surface area contributed by atoms with Crippen molar-refractivity contribution in [1.29, 1.82) is 0 Å². The number of nitrogens with one attached hydrogen (secondary N) is 1. The van der Waals surface area contributed by atoms with Crippen LogP contribution >= 0.6 is 0 Å². The number of nitrogens with zero attached hydrogens (tertiary/aromatic N) is 1. The number of hydrogen-bond acceptors (Lipinski definition) is 2. The maximum absolute atomic E-state index is 11.7. The Morgan fingerprint density at radius 3 is 2.60 bits per heavy atom. The van der Waals surface area contributed by atoms with Gasteiger partial charge in [0, 0.05) is 24.8 Å². The largest absolute Gasteiger partial charge is 0.381 e. The van der Waals surface area contributed by atoms with E-state index in [1.807, 2.05) is 19.2 Å². The quantitative estimate of drug-likeness (QED) is 0.909. The van der Waals surface area contributed by atoms with Crippen molar-refractivity contribution in [3.63, 3.8) is 0 Å². The van der Waals surface area contributed by atoms with Crippen LogP contribution in [-0.2, 0) is 6.54 Å². The molecule has 2 rings (SSSR count). The molecule has 1 saturated carbocycles. The number of rotatable bonds is 3. The molecule has 0 spiro atoms. The molecule has 0 saturated heterocycles. The van der Waals surface area contributed by atoms with Gasteiger partial charge in [0.05, 0.1) is 5.69 Å². The maximum atomic E-state index is 11.7. The minimum Gasteiger partial charge on any atom is -0.381 e. The van der Waals surface area contributed by atoms with Crippen molar-refractivity contribution >= 4 is 5.69 Å². The first kappa shape index (κ1) is 15.1. The number of aromatic nitrogens is 1. The number of hydrogen-bond donors (Lipinski definition) is 1. The zero-order chi connectivity index (χ0) is 14.8. The number of pyridine rings is 1. The van der Waals surface area contributed by atoms with Crippen molar-refractivity contribution in [2.24, 2.45) is 11.3 Å². The number of anilines is 1. The van der Waals surface area contributed by atoms with Crippen molar-refractivity contribution in [3.8, 4) is 0 Å². The van der Waals surface area contributed by atoms with E-state index in [9.17, 15) is 4.79 Å². The molecular weight excluding hydrogens is 248 g/mol. The molecule has 1 aliphatic rings. The monoisotopic (exact) mass is 276 g/mol. The van der Waals surface area contributed by atoms with E-state index >= 15 is 0 Å². The van der Waals surface area contributed by atoms with Gasteiger partial charge in [-0.25, -0.2) is 0 Å². The molecule has 2 atom stereocenters. The first-order valence-corrected chi connectivity index (χ1v) is 7.89. The first-order chi connectivity index (χ1) is 9.41. The molecule has 1 aromatic heterocycles. The highest BCUT2D eigenvalue weighted by Crippen LogP contribution is 2.39. The molecule has 112 valence electrons. The Balaban J connectivity index is 2.16. The summed E-state index contributed by atoms with van der Waals surface area (Å²) in [5.74, 6) is 0.693. The predicted octanol–water partition coefficient (Wildman–Crippen LogP) is 3.89. The fraction of sp³-hybridized carbons (Fsp3) is 0.706. The molecule has 1 aromatic rings. The van der Waals surface area contributed by atoms with Gasteiger partial charge in [0.2, 0.25) is 0 Å². The Morgan fingerprint density at radius 2 is 1.95 bits per heavy atom. The molecular formula is C17H28N2O. The topological polar surface area (TPSA) is 34.0 Å². The maximum Gasteiger partial charge on any atom is 0.250 e. The highest BCUT2D eigenvalue weighted by atomic mass is 16.1. The molecule has 0 aromatic carbocycles. The van der Waals surface area contributed by atoms with Gasteiger partial charge < -0.3 is 9.88 Å². The standard InChI is InChI=1S/C17H28N2O/c1-5-19-12-13(10-11-16(19)20)18-15-9-7-6-8-14(15)17(2,3)4/h10-12,14-15,18H,5-9H2,1-4H3. The summed E-state index contributed by atoms with van der Waals surface area (Å²) in [6, 6.07) is 4.11. The van der Waals surface area contributed by atoms with Crippen LogP contribution in [0, 0.1) is 11.3 Å². The molecule has 1 heterocycles. The summed E-state index contributed by atoms with van der Waals surface area (Å²) < 4.78 is 1.76. The fourth-order valence-corrected chi connectivity index (χ4v) is 3.42. The van der Waals surface area contributed by atoms with Gasteiger partial charge in [-0.15, -0.1) is 0 Å². The lowest BCUT2D eigenvalue weighted by molar-refractivity contribution is 0.163. The van der Waals surface area contributed by atoms with E-state index in [2.05, 4.69) is 26.1 Å². The van der Waals surface area contributed by atoms with E-state index in [0.29, 0.717) is 17.4 Å². The lowest BCUT2D eigenvalue weighted by Gasteiger charge is -2.41. The summed E-state index contributed by atoms with van der Waals surface area (Å²) in [5.41, 5.74) is 1.48. The number of aryl methyl sites for hydroxylation is 1. The van der Waals surface area contributed by atoms with E-state index < -0.39 is 0 Å². The Labute approximate surface area is 122 Å². The summed E-state index contributed by atoms with van der Waals surface area (Å²) in [5, 5.41) is 3.68. The third-order valence-electron chi connectivity index (χ3n) is 4.55. The van der Waals surface area contributed by atoms with Crippen LogP contribution in [0.4, 0.5) is 5.69 Å². The lowest BCUT2D eigenvalue weighted by atomic mass is 9.69. The van der Waals surface area contributed by atoms with Crippen LogP contribution in [-0.4, -0.2) is 10.6 Å². The second-order valence-electron chi connectivity index (χ2n) is 7.05. The summed E-state index contributed by atoms with van der Waals surface area (Å²) in [4.78, 5) is 11.7. The van der Waals surface area contributed by atoms with Gasteiger partial charge in [-0.2, -0.15) is 0 Å². The summed E-state index contributed by atoms with van der Waals surface area (Å²) >= 11 is 0. The van der Waals surface area contributed by atoms with Crippen molar-refractivity contribution in [2.75, 3.05) is 5.32 Å². The molecule has 0 bridgehead atoms. The Kier molecular flexibility index (Phi) is 4.56. The van der Waals surface area contributed by atoms with Gasteiger partial charge in [0.1, 0.15) is 0 Å². The fourth-order valence-electron chi connectivity index (χ4n) is 3.42. The molecule has 1 aliphatic carbocycles. The van der Waals surface area contributed by atoms with Crippen molar-refractivity contribution < 1.29 is 0 Å². The molecule has 0 amide bonds. The van der Waals surface area contributed by atoms with Crippen LogP contribution in [0.5, 0.6) is 0 Å². The van der Waals surface area contributed by atoms with E-state index in [4.69, 9.17) is 0 Å². The van der Waals surface area contributed by atoms with E-state index in [0.717, 1.165) is 12.2 Å². The molecule has 1 fully saturated rings. The van der Waals surface area contributed by atoms with Crippen LogP contribution in [0.2, 0.25) is 0 Å². The Morgan fingerprint density at radius 1 is 1.25 bits per heavy atom. The average Bonchev–Trinajstić information content (AvgIpc) is 2.40. The summed E-state index contributed by atoms with van der Waals surface area (Å²) in [7, 11) is 0. The van der Waals surface area contributed by atoms with Crippen LogP contribution in [0.25, 0.3) is 0 Å². The van der Waals surface area contributed by atoms with Gasteiger partial charge in [0.25, 0.3) is 5.56 Å². The zero-order valence-corrected chi connectivity index (χ0v) is 13.3. The van der Waals surface area contributed by atoms with Crippen LogP contribution in [0.1, 0.15) is 53.4 Å². The second kappa shape index (κ2) is 6.02. The van der Waals surface area contributed by atoms with E-state index in [1.54, 1.807) is 10.6 Å². The molecule has 3 heteroatoms. The van der Waals surface area contributed by atoms with Crippen molar-refractivity contribution in [2.45, 2.75) is 66.0 Å². The van der Waals surface area contributed by atoms with Gasteiger partial charge >= 0.3 is 0 Å². The summed E-state index contributed by atoms with van der Waals surface area (Å²) in [6.07, 6.45) is 7.13. The highest BCUT2D eigenvalue weighted by Gasteiger charge is 2.34. The Hall–Kier alpha value is -1.25. The molecule has 3 nitrogen and oxygen atoms in total. The van der Waals surface area contributed by atoms with E-state index in [1.165, 1.54) is 25.7 Å². The normalized spacial score (nSPS) is 23.6. The highest BCUT2D eigenvalue weighted by molar-refractivity contribution is 5.41. The molecule has 2 unspecified atom stereocenters.